The smallest absolute Gasteiger partial charge is 0.277 e. The maximum atomic E-state index is 13.6. The zero-order valence-electron chi connectivity index (χ0n) is 19.2. The predicted octanol–water partition coefficient (Wildman–Crippen LogP) is 7.89. The molecule has 0 saturated carbocycles. The van der Waals surface area contributed by atoms with E-state index in [1.54, 1.807) is 0 Å². The van der Waals surface area contributed by atoms with Gasteiger partial charge in [0.1, 0.15) is 0 Å². The summed E-state index contributed by atoms with van der Waals surface area (Å²) < 4.78 is 21.6. The monoisotopic (exact) mass is 389 g/mol. The van der Waals surface area contributed by atoms with Gasteiger partial charge in [0.25, 0.3) is 7.52 Å². The number of hydrogen-bond acceptors (Lipinski definition) is 2. The van der Waals surface area contributed by atoms with Crippen LogP contribution in [0, 0.1) is 5.41 Å². The molecule has 1 unspecified atom stereocenters. The van der Waals surface area contributed by atoms with Gasteiger partial charge in [-0.05, 0) is 39.7 Å². The first-order valence-corrected chi connectivity index (χ1v) is 12.5. The molecule has 3 nitrogen and oxygen atoms in total. The van der Waals surface area contributed by atoms with E-state index < -0.39 is 7.52 Å². The van der Waals surface area contributed by atoms with Crippen LogP contribution in [0.3, 0.4) is 0 Å². The minimum atomic E-state index is -2.83. The maximum absolute atomic E-state index is 13.6. The second-order valence-electron chi connectivity index (χ2n) is 10.1. The van der Waals surface area contributed by atoms with Gasteiger partial charge in [0, 0.05) is 6.54 Å². The third-order valence-corrected chi connectivity index (χ3v) is 8.08. The molecule has 0 aliphatic heterocycles. The molecule has 0 aliphatic carbocycles. The van der Waals surface area contributed by atoms with Crippen LogP contribution in [-0.2, 0) is 9.09 Å². The van der Waals surface area contributed by atoms with E-state index in [2.05, 4.69) is 27.7 Å². The Bertz CT molecular complexity index is 396. The molecule has 0 aromatic heterocycles. The highest BCUT2D eigenvalue weighted by atomic mass is 31.2. The lowest BCUT2D eigenvalue weighted by atomic mass is 9.99. The molecule has 0 bridgehead atoms. The van der Waals surface area contributed by atoms with Crippen LogP contribution in [-0.4, -0.2) is 30.0 Å². The van der Waals surface area contributed by atoms with Crippen LogP contribution in [0.5, 0.6) is 0 Å². The SMILES string of the molecule is CCCCCCCCCCCCN(C)P(=O)(OCC(C)(C)C)C(C)(C)C. The Labute approximate surface area is 165 Å². The minimum Gasteiger partial charge on any atom is -0.316 e. The van der Waals surface area contributed by atoms with Gasteiger partial charge >= 0.3 is 0 Å². The van der Waals surface area contributed by atoms with E-state index in [0.717, 1.165) is 13.0 Å². The van der Waals surface area contributed by atoms with Crippen molar-refractivity contribution < 1.29 is 9.09 Å². The van der Waals surface area contributed by atoms with Crippen LogP contribution in [0.25, 0.3) is 0 Å². The average Bonchev–Trinajstić information content (AvgIpc) is 2.52. The van der Waals surface area contributed by atoms with Crippen molar-refractivity contribution in [3.05, 3.63) is 0 Å². The first-order chi connectivity index (χ1) is 11.9. The lowest BCUT2D eigenvalue weighted by Gasteiger charge is -2.38. The van der Waals surface area contributed by atoms with Crippen molar-refractivity contribution in [3.63, 3.8) is 0 Å². The van der Waals surface area contributed by atoms with E-state index in [0.29, 0.717) is 6.61 Å². The van der Waals surface area contributed by atoms with Crippen LogP contribution >= 0.6 is 7.52 Å². The Morgan fingerprint density at radius 2 is 1.19 bits per heavy atom. The van der Waals surface area contributed by atoms with E-state index >= 15 is 0 Å². The molecule has 0 radical (unpaired) electrons. The molecule has 0 rings (SSSR count). The molecule has 0 spiro atoms. The molecule has 0 fully saturated rings. The Kier molecular flexibility index (Phi) is 12.6. The molecule has 0 heterocycles. The van der Waals surface area contributed by atoms with Crippen molar-refractivity contribution in [1.82, 2.24) is 4.67 Å². The molecule has 1 atom stereocenters. The highest BCUT2D eigenvalue weighted by Gasteiger charge is 2.42. The Morgan fingerprint density at radius 3 is 1.58 bits per heavy atom. The number of rotatable bonds is 14. The zero-order valence-corrected chi connectivity index (χ0v) is 20.1. The molecule has 0 aromatic rings. The zero-order chi connectivity index (χ0) is 20.3. The van der Waals surface area contributed by atoms with Crippen LogP contribution in [0.4, 0.5) is 0 Å². The summed E-state index contributed by atoms with van der Waals surface area (Å²) >= 11 is 0. The fraction of sp³-hybridized carbons (Fsp3) is 1.00. The topological polar surface area (TPSA) is 29.5 Å². The third kappa shape index (κ3) is 11.1. The van der Waals surface area contributed by atoms with Crippen molar-refractivity contribution in [3.8, 4) is 0 Å². The van der Waals surface area contributed by atoms with Gasteiger partial charge in [0.05, 0.1) is 11.8 Å². The molecule has 0 saturated heterocycles. The first kappa shape index (κ1) is 26.1. The van der Waals surface area contributed by atoms with Crippen LogP contribution < -0.4 is 0 Å². The molecule has 4 heteroatoms. The van der Waals surface area contributed by atoms with E-state index in [-0.39, 0.29) is 10.6 Å². The number of nitrogens with zero attached hydrogens (tertiary/aromatic N) is 1. The fourth-order valence-corrected chi connectivity index (χ4v) is 5.62. The average molecular weight is 390 g/mol. The molecule has 0 aromatic carbocycles. The quantitative estimate of drug-likeness (QED) is 0.223. The van der Waals surface area contributed by atoms with Crippen LogP contribution in [0.1, 0.15) is 113 Å². The van der Waals surface area contributed by atoms with Gasteiger partial charge in [-0.15, -0.1) is 0 Å². The summed E-state index contributed by atoms with van der Waals surface area (Å²) in [6.45, 7) is 16.1. The van der Waals surface area contributed by atoms with Crippen LogP contribution in [0.2, 0.25) is 0 Å². The molecular weight excluding hydrogens is 341 g/mol. The van der Waals surface area contributed by atoms with E-state index in [1.807, 2.05) is 32.5 Å². The van der Waals surface area contributed by atoms with Crippen molar-refractivity contribution in [2.75, 3.05) is 20.2 Å². The maximum Gasteiger partial charge on any atom is 0.277 e. The molecular formula is C22H48NO2P. The van der Waals surface area contributed by atoms with Crippen molar-refractivity contribution in [1.29, 1.82) is 0 Å². The number of hydrogen-bond donors (Lipinski definition) is 0. The highest BCUT2D eigenvalue weighted by Crippen LogP contribution is 2.61. The molecule has 0 amide bonds. The summed E-state index contributed by atoms with van der Waals surface area (Å²) in [5, 5.41) is -0.356. The second-order valence-corrected chi connectivity index (χ2v) is 13.4. The minimum absolute atomic E-state index is 0.0267. The molecule has 0 N–H and O–H groups in total. The van der Waals surface area contributed by atoms with Gasteiger partial charge in [-0.3, -0.25) is 4.57 Å². The van der Waals surface area contributed by atoms with Gasteiger partial charge in [-0.25, -0.2) is 4.67 Å². The van der Waals surface area contributed by atoms with Gasteiger partial charge in [0.15, 0.2) is 0 Å². The predicted molar refractivity (Wildman–Crippen MR) is 117 cm³/mol. The van der Waals surface area contributed by atoms with E-state index in [1.165, 1.54) is 57.8 Å². The Morgan fingerprint density at radius 1 is 0.769 bits per heavy atom. The lowest BCUT2D eigenvalue weighted by molar-refractivity contribution is 0.173. The summed E-state index contributed by atoms with van der Waals surface area (Å²) in [6.07, 6.45) is 13.2. The Hall–Kier alpha value is 0.150. The first-order valence-electron chi connectivity index (χ1n) is 10.9. The summed E-state index contributed by atoms with van der Waals surface area (Å²) in [7, 11) is -0.860. The van der Waals surface area contributed by atoms with Gasteiger partial charge in [0.2, 0.25) is 0 Å². The third-order valence-electron chi connectivity index (χ3n) is 4.81. The van der Waals surface area contributed by atoms with Crippen molar-refractivity contribution in [2.24, 2.45) is 5.41 Å². The van der Waals surface area contributed by atoms with Gasteiger partial charge < -0.3 is 4.52 Å². The normalized spacial score (nSPS) is 15.4. The van der Waals surface area contributed by atoms with Crippen LogP contribution in [0.15, 0.2) is 0 Å². The highest BCUT2D eigenvalue weighted by molar-refractivity contribution is 7.58. The number of unbranched alkanes of at least 4 members (excludes halogenated alkanes) is 9. The molecule has 26 heavy (non-hydrogen) atoms. The Balaban J connectivity index is 4.15. The summed E-state index contributed by atoms with van der Waals surface area (Å²) in [5.41, 5.74) is 0.0267. The molecule has 0 aliphatic rings. The fourth-order valence-electron chi connectivity index (χ4n) is 3.05. The lowest BCUT2D eigenvalue weighted by Crippen LogP contribution is -2.31. The summed E-state index contributed by atoms with van der Waals surface area (Å²) in [4.78, 5) is 0. The van der Waals surface area contributed by atoms with Crippen molar-refractivity contribution >= 4 is 7.52 Å². The summed E-state index contributed by atoms with van der Waals surface area (Å²) in [5.74, 6) is 0. The van der Waals surface area contributed by atoms with Gasteiger partial charge in [-0.2, -0.15) is 0 Å². The van der Waals surface area contributed by atoms with Crippen molar-refractivity contribution in [2.45, 2.75) is 118 Å². The summed E-state index contributed by atoms with van der Waals surface area (Å²) in [6, 6.07) is 0. The van der Waals surface area contributed by atoms with E-state index in [4.69, 9.17) is 4.52 Å². The van der Waals surface area contributed by atoms with Gasteiger partial charge in [-0.1, -0.05) is 85.5 Å². The standard InChI is InChI=1S/C22H48NO2P/c1-9-10-11-12-13-14-15-16-17-18-19-23(8)26(24,22(5,6)7)25-20-21(2,3)4/h9-20H2,1-8H3. The largest absolute Gasteiger partial charge is 0.316 e. The molecule has 158 valence electrons. The second kappa shape index (κ2) is 12.6. The van der Waals surface area contributed by atoms with E-state index in [9.17, 15) is 4.57 Å².